The van der Waals surface area contributed by atoms with Gasteiger partial charge in [-0.1, -0.05) is 6.92 Å². The molecule has 1 heterocycles. The monoisotopic (exact) mass is 259 g/mol. The molecular weight excluding hydrogens is 241 g/mol. The highest BCUT2D eigenvalue weighted by Crippen LogP contribution is 2.46. The number of aromatic nitrogens is 1. The Labute approximate surface area is 112 Å². The van der Waals surface area contributed by atoms with Gasteiger partial charge < -0.3 is 9.78 Å². The number of fused-ring (bicyclic) bond motifs is 1. The Hall–Kier alpha value is -1.64. The number of hydrogen-bond donors (Lipinski definition) is 1. The van der Waals surface area contributed by atoms with Gasteiger partial charge in [0.1, 0.15) is 11.6 Å². The fourth-order valence-corrected chi connectivity index (χ4v) is 2.95. The van der Waals surface area contributed by atoms with Crippen molar-refractivity contribution in [3.05, 3.63) is 35.3 Å². The van der Waals surface area contributed by atoms with Crippen LogP contribution in [0.4, 0.5) is 4.39 Å². The maximum absolute atomic E-state index is 14.1. The first-order valence-electron chi connectivity index (χ1n) is 6.86. The van der Waals surface area contributed by atoms with Gasteiger partial charge in [-0.25, -0.2) is 4.39 Å². The Morgan fingerprint density at radius 3 is 2.84 bits per heavy atom. The largest absolute Gasteiger partial charge is 0.361 e. The van der Waals surface area contributed by atoms with Crippen LogP contribution in [0.2, 0.25) is 0 Å². The molecule has 0 amide bonds. The van der Waals surface area contributed by atoms with E-state index in [9.17, 15) is 9.18 Å². The molecule has 1 saturated carbocycles. The number of benzene rings is 1. The highest BCUT2D eigenvalue weighted by Gasteiger charge is 2.30. The molecule has 19 heavy (non-hydrogen) atoms. The van der Waals surface area contributed by atoms with Crippen molar-refractivity contribution >= 4 is 16.7 Å². The molecule has 100 valence electrons. The van der Waals surface area contributed by atoms with E-state index >= 15 is 0 Å². The number of H-pyrrole nitrogens is 1. The molecule has 1 aromatic carbocycles. The lowest BCUT2D eigenvalue weighted by atomic mass is 9.92. The normalized spacial score (nSPS) is 16.8. The van der Waals surface area contributed by atoms with E-state index in [0.717, 1.165) is 34.9 Å². The number of aromatic amines is 1. The molecule has 0 bridgehead atoms. The lowest BCUT2D eigenvalue weighted by molar-refractivity contribution is -0.117. The first kappa shape index (κ1) is 12.4. The predicted molar refractivity (Wildman–Crippen MR) is 73.9 cm³/mol. The van der Waals surface area contributed by atoms with Crippen molar-refractivity contribution in [2.45, 2.75) is 44.9 Å². The van der Waals surface area contributed by atoms with Gasteiger partial charge in [0.05, 0.1) is 0 Å². The van der Waals surface area contributed by atoms with Gasteiger partial charge in [0, 0.05) is 29.1 Å². The molecule has 3 rings (SSSR count). The van der Waals surface area contributed by atoms with E-state index in [1.165, 1.54) is 0 Å². The summed E-state index contributed by atoms with van der Waals surface area (Å²) in [5.74, 6) is 0.561. The van der Waals surface area contributed by atoms with Crippen molar-refractivity contribution in [1.82, 2.24) is 4.98 Å². The minimum Gasteiger partial charge on any atom is -0.361 e. The zero-order chi connectivity index (χ0) is 13.6. The van der Waals surface area contributed by atoms with E-state index in [0.29, 0.717) is 12.3 Å². The Morgan fingerprint density at radius 1 is 1.47 bits per heavy atom. The number of carbonyl (C=O) groups is 1. The molecule has 1 aliphatic carbocycles. The Bertz CT molecular complexity index is 639. The maximum atomic E-state index is 14.1. The van der Waals surface area contributed by atoms with Gasteiger partial charge in [-0.2, -0.15) is 0 Å². The third-order valence-electron chi connectivity index (χ3n) is 3.97. The Kier molecular flexibility index (Phi) is 2.92. The molecule has 0 spiro atoms. The summed E-state index contributed by atoms with van der Waals surface area (Å²) in [6.45, 7) is 3.64. The van der Waals surface area contributed by atoms with E-state index in [2.05, 4.69) is 4.98 Å². The highest BCUT2D eigenvalue weighted by molar-refractivity contribution is 5.89. The van der Waals surface area contributed by atoms with Crippen LogP contribution in [0.5, 0.6) is 0 Å². The van der Waals surface area contributed by atoms with Crippen LogP contribution in [-0.4, -0.2) is 10.8 Å². The van der Waals surface area contributed by atoms with Crippen molar-refractivity contribution in [3.8, 4) is 0 Å². The molecule has 0 aliphatic heterocycles. The van der Waals surface area contributed by atoms with Crippen LogP contribution in [0.1, 0.15) is 56.1 Å². The summed E-state index contributed by atoms with van der Waals surface area (Å²) < 4.78 is 14.1. The molecule has 1 unspecified atom stereocenters. The maximum Gasteiger partial charge on any atom is 0.130 e. The molecule has 1 aliphatic rings. The summed E-state index contributed by atoms with van der Waals surface area (Å²) in [7, 11) is 0. The van der Waals surface area contributed by atoms with Crippen molar-refractivity contribution in [1.29, 1.82) is 0 Å². The van der Waals surface area contributed by atoms with Gasteiger partial charge in [-0.15, -0.1) is 0 Å². The quantitative estimate of drug-likeness (QED) is 0.874. The van der Waals surface area contributed by atoms with E-state index in [1.807, 2.05) is 13.1 Å². The molecule has 1 fully saturated rings. The predicted octanol–water partition coefficient (Wildman–Crippen LogP) is 4.27. The third kappa shape index (κ3) is 2.18. The zero-order valence-electron chi connectivity index (χ0n) is 11.3. The van der Waals surface area contributed by atoms with Crippen LogP contribution < -0.4 is 0 Å². The molecule has 2 nitrogen and oxygen atoms in total. The van der Waals surface area contributed by atoms with Gasteiger partial charge in [-0.05, 0) is 49.3 Å². The number of Topliss-reactive ketones (excluding diaryl/α,β-unsaturated/α-hetero) is 1. The molecule has 0 saturated heterocycles. The lowest BCUT2D eigenvalue weighted by Crippen LogP contribution is -2.01. The molecular formula is C16H18FNO. The minimum atomic E-state index is -0.106. The molecule has 1 aromatic heterocycles. The zero-order valence-corrected chi connectivity index (χ0v) is 11.3. The summed E-state index contributed by atoms with van der Waals surface area (Å²) in [6.07, 6.45) is 4.58. The summed E-state index contributed by atoms with van der Waals surface area (Å²) in [4.78, 5) is 14.5. The van der Waals surface area contributed by atoms with E-state index in [1.54, 1.807) is 19.1 Å². The van der Waals surface area contributed by atoms with Gasteiger partial charge in [0.15, 0.2) is 0 Å². The molecule has 1 N–H and O–H groups in total. The highest BCUT2D eigenvalue weighted by atomic mass is 19.1. The summed E-state index contributed by atoms with van der Waals surface area (Å²) in [5, 5.41) is 1.01. The van der Waals surface area contributed by atoms with Gasteiger partial charge >= 0.3 is 0 Å². The number of halogens is 1. The second-order valence-corrected chi connectivity index (χ2v) is 5.71. The van der Waals surface area contributed by atoms with Gasteiger partial charge in [-0.3, -0.25) is 0 Å². The van der Waals surface area contributed by atoms with Crippen molar-refractivity contribution in [2.75, 3.05) is 0 Å². The number of nitrogens with one attached hydrogen (secondary N) is 1. The molecule has 2 aromatic rings. The second-order valence-electron chi connectivity index (χ2n) is 5.71. The molecule has 3 heteroatoms. The topological polar surface area (TPSA) is 32.9 Å². The summed E-state index contributed by atoms with van der Waals surface area (Å²) >= 11 is 0. The smallest absolute Gasteiger partial charge is 0.130 e. The average Bonchev–Trinajstić information content (AvgIpc) is 3.06. The van der Waals surface area contributed by atoms with E-state index < -0.39 is 0 Å². The van der Waals surface area contributed by atoms with Crippen LogP contribution in [0, 0.1) is 5.82 Å². The standard InChI is InChI=1S/C16H18FNO/c1-9(7-10(2)19)12-8-18-14-6-5-13(17)15(16(12)14)11-3-4-11/h5-6,8-9,11,18H,3-4,7H2,1-2H3. The molecule has 1 atom stereocenters. The van der Waals surface area contributed by atoms with Gasteiger partial charge in [0.25, 0.3) is 0 Å². The average molecular weight is 259 g/mol. The van der Waals surface area contributed by atoms with Crippen LogP contribution >= 0.6 is 0 Å². The fraction of sp³-hybridized carbons (Fsp3) is 0.438. The summed E-state index contributed by atoms with van der Waals surface area (Å²) in [5.41, 5.74) is 2.91. The Morgan fingerprint density at radius 2 is 2.21 bits per heavy atom. The number of hydrogen-bond acceptors (Lipinski definition) is 1. The molecule has 0 radical (unpaired) electrons. The van der Waals surface area contributed by atoms with Crippen LogP contribution in [0.25, 0.3) is 10.9 Å². The van der Waals surface area contributed by atoms with Gasteiger partial charge in [0.2, 0.25) is 0 Å². The third-order valence-corrected chi connectivity index (χ3v) is 3.97. The van der Waals surface area contributed by atoms with Crippen LogP contribution in [-0.2, 0) is 4.79 Å². The van der Waals surface area contributed by atoms with E-state index in [4.69, 9.17) is 0 Å². The summed E-state index contributed by atoms with van der Waals surface area (Å²) in [6, 6.07) is 3.34. The van der Waals surface area contributed by atoms with Crippen molar-refractivity contribution in [3.63, 3.8) is 0 Å². The SMILES string of the molecule is CC(=O)CC(C)c1c[nH]c2ccc(F)c(C3CC3)c12. The lowest BCUT2D eigenvalue weighted by Gasteiger charge is -2.11. The first-order chi connectivity index (χ1) is 9.08. The van der Waals surface area contributed by atoms with Crippen LogP contribution in [0.15, 0.2) is 18.3 Å². The number of carbonyl (C=O) groups excluding carboxylic acids is 1. The van der Waals surface area contributed by atoms with Crippen molar-refractivity contribution < 1.29 is 9.18 Å². The second kappa shape index (κ2) is 4.48. The number of rotatable bonds is 4. The minimum absolute atomic E-state index is 0.106. The first-order valence-corrected chi connectivity index (χ1v) is 6.86. The number of ketones is 1. The van der Waals surface area contributed by atoms with E-state index in [-0.39, 0.29) is 17.5 Å². The van der Waals surface area contributed by atoms with Crippen LogP contribution in [0.3, 0.4) is 0 Å². The fourth-order valence-electron chi connectivity index (χ4n) is 2.95. The van der Waals surface area contributed by atoms with Crippen molar-refractivity contribution in [2.24, 2.45) is 0 Å². The Balaban J connectivity index is 2.14.